The van der Waals surface area contributed by atoms with Crippen LogP contribution >= 0.6 is 0 Å². The van der Waals surface area contributed by atoms with Crippen LogP contribution in [-0.4, -0.2) is 19.1 Å². The van der Waals surface area contributed by atoms with Gasteiger partial charge in [0, 0.05) is 20.0 Å². The van der Waals surface area contributed by atoms with Crippen molar-refractivity contribution in [2.24, 2.45) is 0 Å². The number of hydrogen-bond donors (Lipinski definition) is 1. The molecule has 0 radical (unpaired) electrons. The van der Waals surface area contributed by atoms with Crippen molar-refractivity contribution in [3.05, 3.63) is 48.0 Å². The van der Waals surface area contributed by atoms with Crippen LogP contribution in [0, 0.1) is 0 Å². The summed E-state index contributed by atoms with van der Waals surface area (Å²) < 4.78 is 4.85. The molecule has 0 saturated heterocycles. The minimum absolute atomic E-state index is 0.234. The predicted molar refractivity (Wildman–Crippen MR) is 72.3 cm³/mol. The zero-order valence-electron chi connectivity index (χ0n) is 10.5. The van der Waals surface area contributed by atoms with E-state index in [4.69, 9.17) is 4.74 Å². The maximum Gasteiger partial charge on any atom is 0.302 e. The lowest BCUT2D eigenvalue weighted by molar-refractivity contribution is -0.140. The highest BCUT2D eigenvalue weighted by Gasteiger charge is 1.96. The van der Waals surface area contributed by atoms with Crippen LogP contribution in [0.3, 0.4) is 0 Å². The average molecular weight is 243 g/mol. The summed E-state index contributed by atoms with van der Waals surface area (Å²) in [5.74, 6) is -0.234. The van der Waals surface area contributed by atoms with Crippen molar-refractivity contribution in [3.8, 4) is 0 Å². The maximum absolute atomic E-state index is 10.6. The number of carbonyl (C=O) groups is 1. The first-order valence-electron chi connectivity index (χ1n) is 6.07. The number of benzene rings is 2. The van der Waals surface area contributed by atoms with Gasteiger partial charge in [-0.05, 0) is 22.4 Å². The van der Waals surface area contributed by atoms with Crippen LogP contribution < -0.4 is 5.32 Å². The van der Waals surface area contributed by atoms with Gasteiger partial charge in [-0.3, -0.25) is 4.79 Å². The molecule has 0 bridgehead atoms. The summed E-state index contributed by atoms with van der Waals surface area (Å²) in [5, 5.41) is 5.74. The molecule has 2 rings (SSSR count). The fraction of sp³-hybridized carbons (Fsp3) is 0.267. The van der Waals surface area contributed by atoms with E-state index in [2.05, 4.69) is 35.6 Å². The Labute approximate surface area is 107 Å². The van der Waals surface area contributed by atoms with Gasteiger partial charge < -0.3 is 10.1 Å². The molecule has 0 aliphatic heterocycles. The second-order valence-electron chi connectivity index (χ2n) is 4.20. The van der Waals surface area contributed by atoms with Gasteiger partial charge >= 0.3 is 5.97 Å². The average Bonchev–Trinajstić information content (AvgIpc) is 2.38. The summed E-state index contributed by atoms with van der Waals surface area (Å²) in [6.07, 6.45) is 0. The van der Waals surface area contributed by atoms with Crippen LogP contribution in [0.5, 0.6) is 0 Å². The third-order valence-corrected chi connectivity index (χ3v) is 2.73. The maximum atomic E-state index is 10.6. The summed E-state index contributed by atoms with van der Waals surface area (Å²) in [5.41, 5.74) is 1.23. The number of fused-ring (bicyclic) bond motifs is 1. The van der Waals surface area contributed by atoms with Crippen LogP contribution in [-0.2, 0) is 16.1 Å². The van der Waals surface area contributed by atoms with E-state index in [0.717, 1.165) is 6.54 Å². The smallest absolute Gasteiger partial charge is 0.302 e. The standard InChI is InChI=1S/C15H17NO2/c1-12(17)18-9-8-16-11-13-6-7-14-4-2-3-5-15(14)10-13/h2-7,10,16H,8-9,11H2,1H3. The van der Waals surface area contributed by atoms with Gasteiger partial charge in [0.05, 0.1) is 0 Å². The molecule has 0 aliphatic rings. The summed E-state index contributed by atoms with van der Waals surface area (Å²) in [4.78, 5) is 10.6. The molecular formula is C15H17NO2. The number of esters is 1. The van der Waals surface area contributed by atoms with Crippen molar-refractivity contribution in [1.82, 2.24) is 5.32 Å². The Morgan fingerprint density at radius 1 is 1.17 bits per heavy atom. The molecular weight excluding hydrogens is 226 g/mol. The normalized spacial score (nSPS) is 10.5. The first-order chi connectivity index (χ1) is 8.75. The van der Waals surface area contributed by atoms with E-state index in [1.54, 1.807) is 0 Å². The molecule has 1 N–H and O–H groups in total. The molecule has 0 aliphatic carbocycles. The largest absolute Gasteiger partial charge is 0.465 e. The van der Waals surface area contributed by atoms with Gasteiger partial charge in [-0.15, -0.1) is 0 Å². The number of nitrogens with one attached hydrogen (secondary N) is 1. The Bertz CT molecular complexity index is 537. The zero-order valence-corrected chi connectivity index (χ0v) is 10.5. The van der Waals surface area contributed by atoms with Gasteiger partial charge in [0.1, 0.15) is 6.61 Å². The zero-order chi connectivity index (χ0) is 12.8. The second-order valence-corrected chi connectivity index (χ2v) is 4.20. The summed E-state index contributed by atoms with van der Waals surface area (Å²) >= 11 is 0. The van der Waals surface area contributed by atoms with Crippen molar-refractivity contribution in [2.75, 3.05) is 13.2 Å². The second kappa shape index (κ2) is 6.17. The van der Waals surface area contributed by atoms with E-state index in [9.17, 15) is 4.79 Å². The molecule has 0 spiro atoms. The van der Waals surface area contributed by atoms with E-state index < -0.39 is 0 Å². The van der Waals surface area contributed by atoms with Crippen LogP contribution in [0.4, 0.5) is 0 Å². The highest BCUT2D eigenvalue weighted by atomic mass is 16.5. The van der Waals surface area contributed by atoms with Gasteiger partial charge in [-0.1, -0.05) is 36.4 Å². The lowest BCUT2D eigenvalue weighted by atomic mass is 10.1. The molecule has 94 valence electrons. The number of ether oxygens (including phenoxy) is 1. The van der Waals surface area contributed by atoms with Gasteiger partial charge in [0.25, 0.3) is 0 Å². The van der Waals surface area contributed by atoms with E-state index in [1.807, 2.05) is 12.1 Å². The van der Waals surface area contributed by atoms with E-state index in [-0.39, 0.29) is 5.97 Å². The first kappa shape index (κ1) is 12.6. The van der Waals surface area contributed by atoms with Crippen molar-refractivity contribution in [3.63, 3.8) is 0 Å². The Morgan fingerprint density at radius 2 is 1.94 bits per heavy atom. The molecule has 0 saturated carbocycles. The minimum atomic E-state index is -0.234. The van der Waals surface area contributed by atoms with Crippen LogP contribution in [0.1, 0.15) is 12.5 Å². The van der Waals surface area contributed by atoms with E-state index >= 15 is 0 Å². The first-order valence-corrected chi connectivity index (χ1v) is 6.07. The van der Waals surface area contributed by atoms with Crippen LogP contribution in [0.15, 0.2) is 42.5 Å². The predicted octanol–water partition coefficient (Wildman–Crippen LogP) is 2.49. The van der Waals surface area contributed by atoms with Crippen molar-refractivity contribution in [2.45, 2.75) is 13.5 Å². The summed E-state index contributed by atoms with van der Waals surface area (Å²) in [6, 6.07) is 14.7. The molecule has 0 amide bonds. The summed E-state index contributed by atoms with van der Waals surface area (Å²) in [7, 11) is 0. The van der Waals surface area contributed by atoms with Crippen molar-refractivity contribution >= 4 is 16.7 Å². The fourth-order valence-corrected chi connectivity index (χ4v) is 1.85. The van der Waals surface area contributed by atoms with Gasteiger partial charge in [-0.25, -0.2) is 0 Å². The van der Waals surface area contributed by atoms with Crippen LogP contribution in [0.25, 0.3) is 10.8 Å². The molecule has 3 nitrogen and oxygen atoms in total. The van der Waals surface area contributed by atoms with Crippen LogP contribution in [0.2, 0.25) is 0 Å². The van der Waals surface area contributed by atoms with Gasteiger partial charge in [-0.2, -0.15) is 0 Å². The fourth-order valence-electron chi connectivity index (χ4n) is 1.85. The van der Waals surface area contributed by atoms with Crippen molar-refractivity contribution < 1.29 is 9.53 Å². The number of carbonyl (C=O) groups excluding carboxylic acids is 1. The molecule has 18 heavy (non-hydrogen) atoms. The SMILES string of the molecule is CC(=O)OCCNCc1ccc2ccccc2c1. The molecule has 2 aromatic rings. The lowest BCUT2D eigenvalue weighted by Crippen LogP contribution is -2.20. The number of hydrogen-bond acceptors (Lipinski definition) is 3. The monoisotopic (exact) mass is 243 g/mol. The third-order valence-electron chi connectivity index (χ3n) is 2.73. The molecule has 0 heterocycles. The molecule has 0 unspecified atom stereocenters. The third kappa shape index (κ3) is 3.57. The quantitative estimate of drug-likeness (QED) is 0.647. The Balaban J connectivity index is 1.86. The lowest BCUT2D eigenvalue weighted by Gasteiger charge is -2.06. The highest BCUT2D eigenvalue weighted by Crippen LogP contribution is 2.15. The topological polar surface area (TPSA) is 38.3 Å². The Morgan fingerprint density at radius 3 is 2.72 bits per heavy atom. The number of rotatable bonds is 5. The van der Waals surface area contributed by atoms with E-state index in [1.165, 1.54) is 23.3 Å². The minimum Gasteiger partial charge on any atom is -0.465 e. The highest BCUT2D eigenvalue weighted by molar-refractivity contribution is 5.82. The Hall–Kier alpha value is -1.87. The van der Waals surface area contributed by atoms with Gasteiger partial charge in [0.2, 0.25) is 0 Å². The van der Waals surface area contributed by atoms with Gasteiger partial charge in [0.15, 0.2) is 0 Å². The van der Waals surface area contributed by atoms with E-state index in [0.29, 0.717) is 13.2 Å². The Kier molecular flexibility index (Phi) is 4.31. The summed E-state index contributed by atoms with van der Waals surface area (Å²) in [6.45, 7) is 3.30. The molecule has 3 heteroatoms. The molecule has 2 aromatic carbocycles. The van der Waals surface area contributed by atoms with Crippen molar-refractivity contribution in [1.29, 1.82) is 0 Å². The molecule has 0 fully saturated rings. The molecule has 0 aromatic heterocycles. The molecule has 0 atom stereocenters.